The van der Waals surface area contributed by atoms with Crippen LogP contribution >= 0.6 is 0 Å². The second kappa shape index (κ2) is 3.72. The van der Waals surface area contributed by atoms with Crippen LogP contribution in [0.25, 0.3) is 11.0 Å². The van der Waals surface area contributed by atoms with Gasteiger partial charge in [0.05, 0.1) is 12.0 Å². The molecule has 1 aromatic heterocycles. The van der Waals surface area contributed by atoms with Crippen molar-refractivity contribution in [2.75, 3.05) is 31.1 Å². The third-order valence-corrected chi connectivity index (χ3v) is 2.97. The first-order valence-electron chi connectivity index (χ1n) is 5.50. The molecule has 1 aromatic carbocycles. The molecule has 84 valence electrons. The number of phenols is 1. The van der Waals surface area contributed by atoms with E-state index in [4.69, 9.17) is 4.42 Å². The topological polar surface area (TPSA) is 48.6 Å². The monoisotopic (exact) mass is 218 g/mol. The van der Waals surface area contributed by atoms with E-state index in [2.05, 4.69) is 10.2 Å². The van der Waals surface area contributed by atoms with Crippen LogP contribution in [0.3, 0.4) is 0 Å². The van der Waals surface area contributed by atoms with Gasteiger partial charge in [0.2, 0.25) is 0 Å². The van der Waals surface area contributed by atoms with Gasteiger partial charge in [0, 0.05) is 37.6 Å². The summed E-state index contributed by atoms with van der Waals surface area (Å²) in [5.74, 6) is 0.294. The molecule has 2 N–H and O–H groups in total. The van der Waals surface area contributed by atoms with Crippen LogP contribution in [0.15, 0.2) is 28.9 Å². The lowest BCUT2D eigenvalue weighted by molar-refractivity contribution is 0.475. The Morgan fingerprint density at radius 3 is 2.88 bits per heavy atom. The van der Waals surface area contributed by atoms with Crippen molar-refractivity contribution in [3.05, 3.63) is 24.5 Å². The highest BCUT2D eigenvalue weighted by Crippen LogP contribution is 2.32. The minimum atomic E-state index is 0.294. The lowest BCUT2D eigenvalue weighted by atomic mass is 10.2. The number of nitrogens with one attached hydrogen (secondary N) is 1. The number of furan rings is 1. The Kier molecular flexibility index (Phi) is 2.22. The standard InChI is InChI=1S/C12H14N2O2/c15-10-7-9-1-6-16-12(9)11(8-10)14-4-2-13-3-5-14/h1,6-8,13,15H,2-5H2. The summed E-state index contributed by atoms with van der Waals surface area (Å²) in [7, 11) is 0. The summed E-state index contributed by atoms with van der Waals surface area (Å²) in [5, 5.41) is 13.9. The highest BCUT2D eigenvalue weighted by molar-refractivity contribution is 5.91. The summed E-state index contributed by atoms with van der Waals surface area (Å²) < 4.78 is 5.48. The number of aromatic hydroxyl groups is 1. The van der Waals surface area contributed by atoms with Crippen LogP contribution in [0.4, 0.5) is 5.69 Å². The number of piperazine rings is 1. The summed E-state index contributed by atoms with van der Waals surface area (Å²) in [6, 6.07) is 5.38. The summed E-state index contributed by atoms with van der Waals surface area (Å²) in [6.45, 7) is 3.83. The Bertz CT molecular complexity index is 501. The number of anilines is 1. The van der Waals surface area contributed by atoms with Crippen LogP contribution in [-0.4, -0.2) is 31.3 Å². The van der Waals surface area contributed by atoms with Gasteiger partial charge in [-0.1, -0.05) is 0 Å². The van der Waals surface area contributed by atoms with E-state index >= 15 is 0 Å². The molecule has 0 unspecified atom stereocenters. The third kappa shape index (κ3) is 1.51. The predicted molar refractivity (Wildman–Crippen MR) is 63.0 cm³/mol. The molecule has 0 spiro atoms. The van der Waals surface area contributed by atoms with Gasteiger partial charge in [0.25, 0.3) is 0 Å². The van der Waals surface area contributed by atoms with Gasteiger partial charge < -0.3 is 19.7 Å². The molecule has 1 fully saturated rings. The Hall–Kier alpha value is -1.68. The molecule has 3 rings (SSSR count). The van der Waals surface area contributed by atoms with Crippen molar-refractivity contribution in [3.8, 4) is 5.75 Å². The highest BCUT2D eigenvalue weighted by atomic mass is 16.3. The number of rotatable bonds is 1. The number of hydrogen-bond acceptors (Lipinski definition) is 4. The number of phenolic OH excluding ortho intramolecular Hbond substituents is 1. The fraction of sp³-hybridized carbons (Fsp3) is 0.333. The van der Waals surface area contributed by atoms with E-state index in [0.29, 0.717) is 5.75 Å². The molecule has 4 nitrogen and oxygen atoms in total. The van der Waals surface area contributed by atoms with Gasteiger partial charge in [-0.05, 0) is 12.1 Å². The van der Waals surface area contributed by atoms with Crippen molar-refractivity contribution in [1.29, 1.82) is 0 Å². The Balaban J connectivity index is 2.09. The van der Waals surface area contributed by atoms with Gasteiger partial charge in [-0.25, -0.2) is 0 Å². The molecule has 0 amide bonds. The zero-order valence-corrected chi connectivity index (χ0v) is 8.94. The predicted octanol–water partition coefficient (Wildman–Crippen LogP) is 1.55. The normalized spacial score (nSPS) is 16.9. The van der Waals surface area contributed by atoms with Crippen LogP contribution in [0.2, 0.25) is 0 Å². The summed E-state index contributed by atoms with van der Waals surface area (Å²) in [4.78, 5) is 2.24. The van der Waals surface area contributed by atoms with Gasteiger partial charge in [-0.15, -0.1) is 0 Å². The lowest BCUT2D eigenvalue weighted by Crippen LogP contribution is -2.43. The molecule has 2 aromatic rings. The van der Waals surface area contributed by atoms with Crippen molar-refractivity contribution in [2.45, 2.75) is 0 Å². The lowest BCUT2D eigenvalue weighted by Gasteiger charge is -2.29. The van der Waals surface area contributed by atoms with Gasteiger partial charge in [-0.2, -0.15) is 0 Å². The first kappa shape index (κ1) is 9.54. The third-order valence-electron chi connectivity index (χ3n) is 2.97. The molecule has 0 saturated carbocycles. The summed E-state index contributed by atoms with van der Waals surface area (Å²) in [6.07, 6.45) is 1.66. The first-order chi connectivity index (χ1) is 7.84. The van der Waals surface area contributed by atoms with Crippen molar-refractivity contribution in [3.63, 3.8) is 0 Å². The molecular weight excluding hydrogens is 204 g/mol. The zero-order chi connectivity index (χ0) is 11.0. The fourth-order valence-electron chi connectivity index (χ4n) is 2.19. The molecule has 1 saturated heterocycles. The molecule has 0 bridgehead atoms. The zero-order valence-electron chi connectivity index (χ0n) is 8.94. The molecule has 4 heteroatoms. The van der Waals surface area contributed by atoms with Gasteiger partial charge in [-0.3, -0.25) is 0 Å². The van der Waals surface area contributed by atoms with Crippen LogP contribution in [0.5, 0.6) is 5.75 Å². The Labute approximate surface area is 93.5 Å². The molecule has 0 aliphatic carbocycles. The molecule has 16 heavy (non-hydrogen) atoms. The number of hydrogen-bond donors (Lipinski definition) is 2. The summed E-state index contributed by atoms with van der Waals surface area (Å²) in [5.41, 5.74) is 1.85. The maximum absolute atomic E-state index is 9.68. The SMILES string of the molecule is Oc1cc(N2CCNCC2)c2occc2c1. The number of nitrogens with zero attached hydrogens (tertiary/aromatic N) is 1. The number of benzene rings is 1. The van der Waals surface area contributed by atoms with Crippen LogP contribution in [0, 0.1) is 0 Å². The minimum absolute atomic E-state index is 0.294. The van der Waals surface area contributed by atoms with Crippen LogP contribution in [-0.2, 0) is 0 Å². The smallest absolute Gasteiger partial charge is 0.157 e. The maximum Gasteiger partial charge on any atom is 0.157 e. The fourth-order valence-corrected chi connectivity index (χ4v) is 2.19. The molecule has 0 atom stereocenters. The minimum Gasteiger partial charge on any atom is -0.508 e. The molecule has 1 aliphatic rings. The highest BCUT2D eigenvalue weighted by Gasteiger charge is 2.16. The van der Waals surface area contributed by atoms with E-state index in [9.17, 15) is 5.11 Å². The average Bonchev–Trinajstić information content (AvgIpc) is 2.77. The van der Waals surface area contributed by atoms with Crippen molar-refractivity contribution < 1.29 is 9.52 Å². The van der Waals surface area contributed by atoms with Gasteiger partial charge in [0.15, 0.2) is 5.58 Å². The van der Waals surface area contributed by atoms with E-state index in [1.807, 2.05) is 6.07 Å². The van der Waals surface area contributed by atoms with E-state index in [0.717, 1.165) is 42.8 Å². The van der Waals surface area contributed by atoms with Crippen molar-refractivity contribution >= 4 is 16.7 Å². The largest absolute Gasteiger partial charge is 0.508 e. The quantitative estimate of drug-likeness (QED) is 0.762. The first-order valence-corrected chi connectivity index (χ1v) is 5.50. The molecule has 1 aliphatic heterocycles. The van der Waals surface area contributed by atoms with E-state index < -0.39 is 0 Å². The van der Waals surface area contributed by atoms with E-state index in [1.54, 1.807) is 18.4 Å². The second-order valence-corrected chi connectivity index (χ2v) is 4.04. The molecule has 0 radical (unpaired) electrons. The van der Waals surface area contributed by atoms with Crippen LogP contribution in [0.1, 0.15) is 0 Å². The second-order valence-electron chi connectivity index (χ2n) is 4.04. The van der Waals surface area contributed by atoms with Gasteiger partial charge >= 0.3 is 0 Å². The Morgan fingerprint density at radius 2 is 2.06 bits per heavy atom. The molecule has 2 heterocycles. The molecular formula is C12H14N2O2. The average molecular weight is 218 g/mol. The van der Waals surface area contributed by atoms with E-state index in [-0.39, 0.29) is 0 Å². The van der Waals surface area contributed by atoms with E-state index in [1.165, 1.54) is 0 Å². The summed E-state index contributed by atoms with van der Waals surface area (Å²) >= 11 is 0. The number of fused-ring (bicyclic) bond motifs is 1. The van der Waals surface area contributed by atoms with Crippen LogP contribution < -0.4 is 10.2 Å². The van der Waals surface area contributed by atoms with Crippen molar-refractivity contribution in [2.24, 2.45) is 0 Å². The van der Waals surface area contributed by atoms with Gasteiger partial charge in [0.1, 0.15) is 5.75 Å². The maximum atomic E-state index is 9.68. The van der Waals surface area contributed by atoms with Crippen molar-refractivity contribution in [1.82, 2.24) is 5.32 Å². The Morgan fingerprint density at radius 1 is 1.25 bits per heavy atom.